The molecule has 1 aromatic heterocycles. The second-order valence-corrected chi connectivity index (χ2v) is 6.09. The number of hydrogen-bond acceptors (Lipinski definition) is 8. The number of hydrogen-bond donors (Lipinski definition) is 3. The van der Waals surface area contributed by atoms with Crippen molar-refractivity contribution in [3.63, 3.8) is 0 Å². The van der Waals surface area contributed by atoms with Gasteiger partial charge in [-0.15, -0.1) is 5.10 Å². The summed E-state index contributed by atoms with van der Waals surface area (Å²) in [5.41, 5.74) is 2.45. The summed E-state index contributed by atoms with van der Waals surface area (Å²) in [5.74, 6) is 2.27. The van der Waals surface area contributed by atoms with E-state index in [1.165, 1.54) is 6.92 Å². The highest BCUT2D eigenvalue weighted by molar-refractivity contribution is 5.89. The Bertz CT molecular complexity index is 1010. The van der Waals surface area contributed by atoms with Crippen LogP contribution in [0.25, 0.3) is 0 Å². The van der Waals surface area contributed by atoms with E-state index >= 15 is 0 Å². The van der Waals surface area contributed by atoms with Crippen molar-refractivity contribution in [1.82, 2.24) is 15.2 Å². The number of rotatable bonds is 6. The third-order valence-corrected chi connectivity index (χ3v) is 3.91. The van der Waals surface area contributed by atoms with Crippen LogP contribution in [0, 0.1) is 0 Å². The molecule has 1 amide bonds. The Kier molecular flexibility index (Phi) is 4.87. The molecular formula is C19H18N6O3. The fraction of sp³-hybridized carbons (Fsp3) is 0.158. The number of nitrogens with zero attached hydrogens (tertiary/aromatic N) is 3. The van der Waals surface area contributed by atoms with E-state index in [1.54, 1.807) is 18.3 Å². The zero-order valence-corrected chi connectivity index (χ0v) is 15.1. The molecule has 0 radical (unpaired) electrons. The van der Waals surface area contributed by atoms with Crippen LogP contribution in [0.4, 0.5) is 23.1 Å². The molecular weight excluding hydrogens is 360 g/mol. The van der Waals surface area contributed by atoms with Gasteiger partial charge in [-0.2, -0.15) is 10.1 Å². The lowest BCUT2D eigenvalue weighted by Gasteiger charge is -2.09. The number of anilines is 4. The summed E-state index contributed by atoms with van der Waals surface area (Å²) < 4.78 is 10.7. The normalized spacial score (nSPS) is 11.8. The second-order valence-electron chi connectivity index (χ2n) is 6.09. The van der Waals surface area contributed by atoms with Crippen LogP contribution < -0.4 is 25.4 Å². The molecule has 0 saturated carbocycles. The first kappa shape index (κ1) is 17.5. The minimum absolute atomic E-state index is 0.134. The van der Waals surface area contributed by atoms with Gasteiger partial charge in [0.2, 0.25) is 18.6 Å². The number of fused-ring (bicyclic) bond motifs is 1. The molecule has 9 heteroatoms. The molecule has 0 fully saturated rings. The summed E-state index contributed by atoms with van der Waals surface area (Å²) >= 11 is 0. The highest BCUT2D eigenvalue weighted by atomic mass is 16.7. The quantitative estimate of drug-likeness (QED) is 0.601. The molecule has 2 aromatic carbocycles. The molecule has 2 heterocycles. The minimum atomic E-state index is -0.134. The zero-order valence-electron chi connectivity index (χ0n) is 15.1. The molecule has 4 rings (SSSR count). The molecule has 0 saturated heterocycles. The van der Waals surface area contributed by atoms with Crippen molar-refractivity contribution in [2.45, 2.75) is 13.5 Å². The van der Waals surface area contributed by atoms with E-state index in [2.05, 4.69) is 31.1 Å². The molecule has 28 heavy (non-hydrogen) atoms. The van der Waals surface area contributed by atoms with Gasteiger partial charge in [-0.25, -0.2) is 0 Å². The van der Waals surface area contributed by atoms with Crippen molar-refractivity contribution < 1.29 is 14.3 Å². The van der Waals surface area contributed by atoms with Crippen LogP contribution in [-0.2, 0) is 11.3 Å². The predicted molar refractivity (Wildman–Crippen MR) is 104 cm³/mol. The lowest BCUT2D eigenvalue weighted by Crippen LogP contribution is -2.07. The van der Waals surface area contributed by atoms with Gasteiger partial charge in [0.25, 0.3) is 0 Å². The smallest absolute Gasteiger partial charge is 0.249 e. The Morgan fingerprint density at radius 2 is 1.96 bits per heavy atom. The molecule has 0 spiro atoms. The van der Waals surface area contributed by atoms with Gasteiger partial charge in [-0.1, -0.05) is 12.1 Å². The summed E-state index contributed by atoms with van der Waals surface area (Å²) in [7, 11) is 0. The van der Waals surface area contributed by atoms with Gasteiger partial charge in [0.1, 0.15) is 0 Å². The monoisotopic (exact) mass is 378 g/mol. The van der Waals surface area contributed by atoms with Crippen LogP contribution >= 0.6 is 0 Å². The fourth-order valence-electron chi connectivity index (χ4n) is 2.69. The van der Waals surface area contributed by atoms with Crippen molar-refractivity contribution in [3.05, 3.63) is 54.2 Å². The molecule has 0 atom stereocenters. The van der Waals surface area contributed by atoms with Gasteiger partial charge in [0.15, 0.2) is 17.3 Å². The van der Waals surface area contributed by atoms with E-state index in [-0.39, 0.29) is 12.7 Å². The third-order valence-electron chi connectivity index (χ3n) is 3.91. The maximum Gasteiger partial charge on any atom is 0.249 e. The van der Waals surface area contributed by atoms with E-state index in [0.29, 0.717) is 24.0 Å². The number of ether oxygens (including phenoxy) is 2. The number of carbonyl (C=O) groups excluding carboxylic acids is 1. The highest BCUT2D eigenvalue weighted by Crippen LogP contribution is 2.32. The Morgan fingerprint density at radius 1 is 1.11 bits per heavy atom. The number of aromatic nitrogens is 3. The second kappa shape index (κ2) is 7.78. The van der Waals surface area contributed by atoms with Gasteiger partial charge in [0, 0.05) is 24.8 Å². The maximum atomic E-state index is 11.2. The SMILES string of the molecule is CC(=O)Nc1cccc(Nc2nncc(NCc3ccc4c(c3)OCO4)n2)c1. The van der Waals surface area contributed by atoms with E-state index < -0.39 is 0 Å². The highest BCUT2D eigenvalue weighted by Gasteiger charge is 2.13. The maximum absolute atomic E-state index is 11.2. The van der Waals surface area contributed by atoms with Gasteiger partial charge in [0.05, 0.1) is 6.20 Å². The predicted octanol–water partition coefficient (Wildman–Crippen LogP) is 2.91. The van der Waals surface area contributed by atoms with Crippen LogP contribution in [0.15, 0.2) is 48.7 Å². The molecule has 3 N–H and O–H groups in total. The molecule has 3 aromatic rings. The average Bonchev–Trinajstić information content (AvgIpc) is 3.14. The van der Waals surface area contributed by atoms with Gasteiger partial charge < -0.3 is 25.4 Å². The van der Waals surface area contributed by atoms with E-state index in [0.717, 1.165) is 22.7 Å². The van der Waals surface area contributed by atoms with Crippen molar-refractivity contribution >= 4 is 29.0 Å². The van der Waals surface area contributed by atoms with Crippen LogP contribution in [0.3, 0.4) is 0 Å². The minimum Gasteiger partial charge on any atom is -0.454 e. The van der Waals surface area contributed by atoms with Crippen molar-refractivity contribution in [3.8, 4) is 11.5 Å². The van der Waals surface area contributed by atoms with Crippen molar-refractivity contribution in [2.75, 3.05) is 22.7 Å². The average molecular weight is 378 g/mol. The lowest BCUT2D eigenvalue weighted by molar-refractivity contribution is -0.114. The Hall–Kier alpha value is -3.88. The Labute approximate surface area is 161 Å². The molecule has 142 valence electrons. The zero-order chi connectivity index (χ0) is 19.3. The Morgan fingerprint density at radius 3 is 2.86 bits per heavy atom. The number of amides is 1. The van der Waals surface area contributed by atoms with Gasteiger partial charge in [-0.3, -0.25) is 4.79 Å². The molecule has 0 unspecified atom stereocenters. The summed E-state index contributed by atoms with van der Waals surface area (Å²) in [6, 6.07) is 13.0. The largest absolute Gasteiger partial charge is 0.454 e. The summed E-state index contributed by atoms with van der Waals surface area (Å²) in [5, 5.41) is 17.0. The van der Waals surface area contributed by atoms with Crippen molar-refractivity contribution in [2.24, 2.45) is 0 Å². The van der Waals surface area contributed by atoms with Crippen molar-refractivity contribution in [1.29, 1.82) is 0 Å². The summed E-state index contributed by atoms with van der Waals surface area (Å²) in [6.07, 6.45) is 1.55. The third kappa shape index (κ3) is 4.26. The van der Waals surface area contributed by atoms with Crippen LogP contribution in [0.5, 0.6) is 11.5 Å². The molecule has 9 nitrogen and oxygen atoms in total. The van der Waals surface area contributed by atoms with Gasteiger partial charge in [-0.05, 0) is 35.9 Å². The molecule has 1 aliphatic rings. The molecule has 0 bridgehead atoms. The van der Waals surface area contributed by atoms with Crippen LogP contribution in [-0.4, -0.2) is 27.9 Å². The van der Waals surface area contributed by atoms with E-state index in [1.807, 2.05) is 30.3 Å². The van der Waals surface area contributed by atoms with E-state index in [9.17, 15) is 4.79 Å². The number of nitrogens with one attached hydrogen (secondary N) is 3. The summed E-state index contributed by atoms with van der Waals surface area (Å²) in [4.78, 5) is 15.6. The molecule has 1 aliphatic heterocycles. The molecule has 0 aliphatic carbocycles. The number of carbonyl (C=O) groups is 1. The first-order chi connectivity index (χ1) is 13.7. The lowest BCUT2D eigenvalue weighted by atomic mass is 10.2. The van der Waals surface area contributed by atoms with Crippen LogP contribution in [0.1, 0.15) is 12.5 Å². The first-order valence-electron chi connectivity index (χ1n) is 8.62. The van der Waals surface area contributed by atoms with Gasteiger partial charge >= 0.3 is 0 Å². The topological polar surface area (TPSA) is 110 Å². The first-order valence-corrected chi connectivity index (χ1v) is 8.62. The van der Waals surface area contributed by atoms with Crippen LogP contribution in [0.2, 0.25) is 0 Å². The fourth-order valence-corrected chi connectivity index (χ4v) is 2.69. The standard InChI is InChI=1S/C19H18N6O3/c1-12(26)22-14-3-2-4-15(8-14)23-19-24-18(10-21-25-19)20-9-13-5-6-16-17(7-13)28-11-27-16/h2-8,10H,9,11H2,1H3,(H,22,26)(H2,20,23,24,25). The summed E-state index contributed by atoms with van der Waals surface area (Å²) in [6.45, 7) is 2.26. The Balaban J connectivity index is 1.41. The number of benzene rings is 2. The van der Waals surface area contributed by atoms with E-state index in [4.69, 9.17) is 9.47 Å².